The Morgan fingerprint density at radius 3 is 2.94 bits per heavy atom. The first-order chi connectivity index (χ1) is 8.85. The Morgan fingerprint density at radius 1 is 1.39 bits per heavy atom. The molecule has 0 aliphatic heterocycles. The summed E-state index contributed by atoms with van der Waals surface area (Å²) >= 11 is 1.80. The summed E-state index contributed by atoms with van der Waals surface area (Å²) in [5.41, 5.74) is 1.26. The Balaban J connectivity index is 2.16. The quantitative estimate of drug-likeness (QED) is 0.829. The van der Waals surface area contributed by atoms with E-state index >= 15 is 0 Å². The second kappa shape index (κ2) is 6.71. The number of thiophene rings is 1. The Labute approximate surface area is 113 Å². The van der Waals surface area contributed by atoms with Gasteiger partial charge >= 0.3 is 0 Å². The van der Waals surface area contributed by atoms with Gasteiger partial charge in [0.1, 0.15) is 0 Å². The van der Waals surface area contributed by atoms with E-state index in [2.05, 4.69) is 48.0 Å². The first-order valence-corrected chi connectivity index (χ1v) is 7.52. The maximum Gasteiger partial charge on any atom is 0.0702 e. The zero-order valence-electron chi connectivity index (χ0n) is 11.1. The van der Waals surface area contributed by atoms with Gasteiger partial charge in [0, 0.05) is 23.2 Å². The number of aromatic nitrogens is 2. The lowest BCUT2D eigenvalue weighted by atomic mass is 10.1. The molecule has 3 nitrogen and oxygen atoms in total. The molecular weight excluding hydrogens is 242 g/mol. The van der Waals surface area contributed by atoms with E-state index in [-0.39, 0.29) is 6.04 Å². The molecule has 0 aromatic carbocycles. The molecule has 98 valence electrons. The lowest BCUT2D eigenvalue weighted by Crippen LogP contribution is -2.22. The van der Waals surface area contributed by atoms with Gasteiger partial charge in [0.2, 0.25) is 0 Å². The maximum absolute atomic E-state index is 4.43. The molecule has 1 atom stereocenters. The van der Waals surface area contributed by atoms with Crippen LogP contribution in [0, 0.1) is 0 Å². The predicted octanol–water partition coefficient (Wildman–Crippen LogP) is 3.44. The van der Waals surface area contributed by atoms with Gasteiger partial charge < -0.3 is 5.32 Å². The normalized spacial score (nSPS) is 12.8. The van der Waals surface area contributed by atoms with Crippen LogP contribution >= 0.6 is 11.3 Å². The molecule has 0 bridgehead atoms. The van der Waals surface area contributed by atoms with Crippen molar-refractivity contribution in [1.29, 1.82) is 0 Å². The summed E-state index contributed by atoms with van der Waals surface area (Å²) in [7, 11) is 0. The van der Waals surface area contributed by atoms with E-state index in [9.17, 15) is 0 Å². The van der Waals surface area contributed by atoms with E-state index in [4.69, 9.17) is 0 Å². The molecule has 0 spiro atoms. The molecule has 4 heteroatoms. The molecule has 2 rings (SSSR count). The summed E-state index contributed by atoms with van der Waals surface area (Å²) < 4.78 is 2.03. The highest BCUT2D eigenvalue weighted by Crippen LogP contribution is 2.25. The van der Waals surface area contributed by atoms with Crippen LogP contribution in [0.1, 0.15) is 43.2 Å². The van der Waals surface area contributed by atoms with Gasteiger partial charge in [-0.05, 0) is 30.8 Å². The number of nitrogens with one attached hydrogen (secondary N) is 1. The summed E-state index contributed by atoms with van der Waals surface area (Å²) in [4.78, 5) is 1.36. The summed E-state index contributed by atoms with van der Waals surface area (Å²) in [6.45, 7) is 6.39. The number of hydrogen-bond donors (Lipinski definition) is 1. The molecule has 0 saturated carbocycles. The zero-order valence-corrected chi connectivity index (χ0v) is 11.9. The molecule has 0 aliphatic rings. The fourth-order valence-electron chi connectivity index (χ4n) is 2.01. The zero-order chi connectivity index (χ0) is 12.8. The summed E-state index contributed by atoms with van der Waals surface area (Å²) in [5.74, 6) is 0. The van der Waals surface area contributed by atoms with Crippen LogP contribution in [-0.4, -0.2) is 16.3 Å². The van der Waals surface area contributed by atoms with Gasteiger partial charge in [-0.25, -0.2) is 0 Å². The largest absolute Gasteiger partial charge is 0.306 e. The van der Waals surface area contributed by atoms with E-state index in [0.717, 1.165) is 25.9 Å². The van der Waals surface area contributed by atoms with Crippen LogP contribution in [0.4, 0.5) is 0 Å². The molecule has 2 heterocycles. The summed E-state index contributed by atoms with van der Waals surface area (Å²) in [6, 6.07) is 4.59. The number of nitrogens with zero attached hydrogens (tertiary/aromatic N) is 2. The molecule has 18 heavy (non-hydrogen) atoms. The highest BCUT2D eigenvalue weighted by molar-refractivity contribution is 7.10. The predicted molar refractivity (Wildman–Crippen MR) is 77.0 cm³/mol. The Hall–Kier alpha value is -1.13. The van der Waals surface area contributed by atoms with Gasteiger partial charge in [0.05, 0.1) is 12.2 Å². The number of hydrogen-bond acceptors (Lipinski definition) is 3. The van der Waals surface area contributed by atoms with Crippen LogP contribution in [0.25, 0.3) is 0 Å². The van der Waals surface area contributed by atoms with Gasteiger partial charge in [-0.1, -0.05) is 19.9 Å². The third-order valence-corrected chi connectivity index (χ3v) is 3.80. The molecule has 0 amide bonds. The topological polar surface area (TPSA) is 29.9 Å². The van der Waals surface area contributed by atoms with Crippen LogP contribution in [0.5, 0.6) is 0 Å². The average molecular weight is 263 g/mol. The smallest absolute Gasteiger partial charge is 0.0702 e. The van der Waals surface area contributed by atoms with E-state index in [1.165, 1.54) is 10.4 Å². The van der Waals surface area contributed by atoms with Crippen molar-refractivity contribution >= 4 is 11.3 Å². The van der Waals surface area contributed by atoms with Crippen molar-refractivity contribution in [3.63, 3.8) is 0 Å². The second-order valence-electron chi connectivity index (χ2n) is 4.44. The maximum atomic E-state index is 4.43. The van der Waals surface area contributed by atoms with Crippen LogP contribution in [0.15, 0.2) is 29.9 Å². The minimum atomic E-state index is 0.288. The minimum Gasteiger partial charge on any atom is -0.306 e. The van der Waals surface area contributed by atoms with E-state index < -0.39 is 0 Å². The highest BCUT2D eigenvalue weighted by atomic mass is 32.1. The van der Waals surface area contributed by atoms with Crippen LogP contribution in [0.2, 0.25) is 0 Å². The monoisotopic (exact) mass is 263 g/mol. The SMILES string of the molecule is CCCNC(c1cnn(CCC)c1)c1cccs1. The minimum absolute atomic E-state index is 0.288. The fraction of sp³-hybridized carbons (Fsp3) is 0.500. The van der Waals surface area contributed by atoms with Gasteiger partial charge in [0.15, 0.2) is 0 Å². The number of rotatable bonds is 7. The van der Waals surface area contributed by atoms with E-state index in [1.54, 1.807) is 11.3 Å². The van der Waals surface area contributed by atoms with Crippen LogP contribution < -0.4 is 5.32 Å². The van der Waals surface area contributed by atoms with E-state index in [1.807, 2.05) is 10.9 Å². The van der Waals surface area contributed by atoms with Crippen LogP contribution in [0.3, 0.4) is 0 Å². The molecule has 0 fully saturated rings. The lowest BCUT2D eigenvalue weighted by molar-refractivity contribution is 0.592. The first-order valence-electron chi connectivity index (χ1n) is 6.64. The van der Waals surface area contributed by atoms with Gasteiger partial charge in [-0.15, -0.1) is 11.3 Å². The van der Waals surface area contributed by atoms with Crippen molar-refractivity contribution in [3.8, 4) is 0 Å². The second-order valence-corrected chi connectivity index (χ2v) is 5.42. The molecule has 2 aromatic heterocycles. The molecule has 0 aliphatic carbocycles. The standard InChI is InChI=1S/C14H21N3S/c1-3-7-15-14(13-6-5-9-18-13)12-10-16-17(11-12)8-4-2/h5-6,9-11,14-15H,3-4,7-8H2,1-2H3. The molecule has 1 unspecified atom stereocenters. The van der Waals surface area contributed by atoms with Gasteiger partial charge in [-0.2, -0.15) is 5.10 Å². The molecule has 2 aromatic rings. The van der Waals surface area contributed by atoms with Gasteiger partial charge in [-0.3, -0.25) is 4.68 Å². The van der Waals surface area contributed by atoms with Crippen molar-refractivity contribution < 1.29 is 0 Å². The molecular formula is C14H21N3S. The van der Waals surface area contributed by atoms with E-state index in [0.29, 0.717) is 0 Å². The third-order valence-electron chi connectivity index (χ3n) is 2.87. The Morgan fingerprint density at radius 2 is 2.28 bits per heavy atom. The highest BCUT2D eigenvalue weighted by Gasteiger charge is 2.15. The lowest BCUT2D eigenvalue weighted by Gasteiger charge is -2.15. The van der Waals surface area contributed by atoms with Crippen LogP contribution in [-0.2, 0) is 6.54 Å². The van der Waals surface area contributed by atoms with Crippen molar-refractivity contribution in [1.82, 2.24) is 15.1 Å². The van der Waals surface area contributed by atoms with Crippen molar-refractivity contribution in [3.05, 3.63) is 40.3 Å². The van der Waals surface area contributed by atoms with Crippen molar-refractivity contribution in [2.24, 2.45) is 0 Å². The molecule has 1 N–H and O–H groups in total. The fourth-order valence-corrected chi connectivity index (χ4v) is 2.83. The van der Waals surface area contributed by atoms with Gasteiger partial charge in [0.25, 0.3) is 0 Å². The molecule has 0 saturated heterocycles. The first kappa shape index (κ1) is 13.3. The Kier molecular flexibility index (Phi) is 4.96. The van der Waals surface area contributed by atoms with Crippen molar-refractivity contribution in [2.45, 2.75) is 39.3 Å². The molecule has 0 radical (unpaired) electrons. The van der Waals surface area contributed by atoms with Crippen molar-refractivity contribution in [2.75, 3.05) is 6.54 Å². The summed E-state index contributed by atoms with van der Waals surface area (Å²) in [6.07, 6.45) is 6.41. The third kappa shape index (κ3) is 3.21. The summed E-state index contributed by atoms with van der Waals surface area (Å²) in [5, 5.41) is 10.2. The number of aryl methyl sites for hydroxylation is 1. The average Bonchev–Trinajstić information content (AvgIpc) is 3.02. The Bertz CT molecular complexity index is 447.